The number of benzene rings is 3. The molecule has 0 aliphatic heterocycles. The number of hydrogen-bond donors (Lipinski definition) is 4. The van der Waals surface area contributed by atoms with Crippen LogP contribution < -0.4 is 11.1 Å². The van der Waals surface area contributed by atoms with E-state index in [1.807, 2.05) is 55.5 Å². The Morgan fingerprint density at radius 2 is 1.40 bits per heavy atom. The lowest BCUT2D eigenvalue weighted by molar-refractivity contribution is -0.397. The van der Waals surface area contributed by atoms with Crippen molar-refractivity contribution >= 4 is 19.2 Å². The largest absolute Gasteiger partial charge is 0.480 e. The molecule has 35 heavy (non-hydrogen) atoms. The summed E-state index contributed by atoms with van der Waals surface area (Å²) < 4.78 is 13.4. The van der Waals surface area contributed by atoms with Crippen LogP contribution in [0.25, 0.3) is 0 Å². The van der Waals surface area contributed by atoms with Gasteiger partial charge in [-0.25, -0.2) is 4.79 Å². The summed E-state index contributed by atoms with van der Waals surface area (Å²) in [5, 5.41) is 12.3. The van der Waals surface area contributed by atoms with E-state index in [2.05, 4.69) is 11.1 Å². The van der Waals surface area contributed by atoms with Gasteiger partial charge >= 0.3 is 5.97 Å². The number of aliphatic carboxylic acids is 1. The summed E-state index contributed by atoms with van der Waals surface area (Å²) in [6.45, 7) is 1.93. The fourth-order valence-corrected chi connectivity index (χ4v) is 5.76. The van der Waals surface area contributed by atoms with Gasteiger partial charge in [-0.05, 0) is 24.5 Å². The number of quaternary nitrogens is 1. The molecule has 0 aliphatic rings. The smallest absolute Gasteiger partial charge is 0.326 e. The van der Waals surface area contributed by atoms with E-state index < -0.39 is 37.0 Å². The van der Waals surface area contributed by atoms with Crippen LogP contribution in [-0.4, -0.2) is 34.1 Å². The lowest BCUT2D eigenvalue weighted by Crippen LogP contribution is -2.54. The van der Waals surface area contributed by atoms with Crippen LogP contribution in [0.1, 0.15) is 28.0 Å². The lowest BCUT2D eigenvalue weighted by Gasteiger charge is -2.24. The van der Waals surface area contributed by atoms with Gasteiger partial charge in [-0.1, -0.05) is 90.5 Å². The molecule has 0 bridgehead atoms. The Labute approximate surface area is 205 Å². The number of carboxylic acid groups (broad SMARTS) is 1. The molecule has 0 aliphatic carbocycles. The molecule has 3 aromatic rings. The molecule has 8 heteroatoms. The van der Waals surface area contributed by atoms with Crippen molar-refractivity contribution in [2.45, 2.75) is 31.6 Å². The maximum atomic E-state index is 13.4. The van der Waals surface area contributed by atoms with Crippen LogP contribution in [-0.2, 0) is 27.0 Å². The van der Waals surface area contributed by atoms with Crippen molar-refractivity contribution in [2.75, 3.05) is 6.16 Å². The molecule has 0 fully saturated rings. The standard InChI is InChI=1S/C27H31N2O5P/c1-19-12-14-22(15-13-19)25(28)35(33,34)18-23(16-20-8-4-2-5-9-20)26(30)29-24(27(31)32)17-21-10-6-3-7-11-21/h2-15,23-25H,16-18,28H2,1H3,(H,29,30)(H,31,32)(H,33,34)/p+1/t23-,24+,25?/m1/s1. The number of carbonyl (C=O) groups excluding carboxylic acids is 1. The first-order chi connectivity index (χ1) is 16.7. The number of hydrogen-bond acceptors (Lipinski definition) is 3. The Morgan fingerprint density at radius 3 is 1.91 bits per heavy atom. The van der Waals surface area contributed by atoms with Gasteiger partial charge in [0.2, 0.25) is 5.91 Å². The van der Waals surface area contributed by atoms with Gasteiger partial charge in [0.05, 0.1) is 5.92 Å². The Bertz CT molecular complexity index is 1170. The zero-order valence-corrected chi connectivity index (χ0v) is 20.6. The normalized spacial score (nSPS) is 15.4. The van der Waals surface area contributed by atoms with Crippen LogP contribution in [0.2, 0.25) is 0 Å². The Hall–Kier alpha value is -3.25. The van der Waals surface area contributed by atoms with Gasteiger partial charge in [0.15, 0.2) is 5.78 Å². The molecule has 2 unspecified atom stereocenters. The summed E-state index contributed by atoms with van der Waals surface area (Å²) in [6.07, 6.45) is 0.00104. The van der Waals surface area contributed by atoms with Crippen molar-refractivity contribution in [3.63, 3.8) is 0 Å². The van der Waals surface area contributed by atoms with E-state index >= 15 is 0 Å². The van der Waals surface area contributed by atoms with Gasteiger partial charge in [-0.2, -0.15) is 0 Å². The molecule has 1 amide bonds. The SMILES string of the molecule is Cc1ccc(C([NH3+])P(=O)(O)C[C@@H](Cc2ccccc2)C(=O)N[C@@H](Cc2ccccc2)C(=O)O)cc1. The molecular formula is C27H32N2O5P+. The van der Waals surface area contributed by atoms with Crippen molar-refractivity contribution in [3.05, 3.63) is 107 Å². The highest BCUT2D eigenvalue weighted by atomic mass is 31.2. The minimum Gasteiger partial charge on any atom is -0.480 e. The molecule has 0 saturated heterocycles. The predicted molar refractivity (Wildman–Crippen MR) is 135 cm³/mol. The van der Waals surface area contributed by atoms with Crippen LogP contribution in [0, 0.1) is 12.8 Å². The van der Waals surface area contributed by atoms with Crippen molar-refractivity contribution in [2.24, 2.45) is 5.92 Å². The van der Waals surface area contributed by atoms with Gasteiger partial charge < -0.3 is 21.1 Å². The number of aryl methyl sites for hydroxylation is 1. The van der Waals surface area contributed by atoms with Crippen LogP contribution in [0.5, 0.6) is 0 Å². The maximum Gasteiger partial charge on any atom is 0.326 e. The molecule has 4 atom stereocenters. The second-order valence-electron chi connectivity index (χ2n) is 8.84. The van der Waals surface area contributed by atoms with Crippen LogP contribution >= 0.6 is 7.37 Å². The molecule has 3 rings (SSSR count). The monoisotopic (exact) mass is 495 g/mol. The average molecular weight is 496 g/mol. The third-order valence-corrected chi connectivity index (χ3v) is 8.26. The first-order valence-electron chi connectivity index (χ1n) is 11.5. The van der Waals surface area contributed by atoms with Gasteiger partial charge in [0.25, 0.3) is 7.37 Å². The van der Waals surface area contributed by atoms with E-state index in [1.54, 1.807) is 36.4 Å². The quantitative estimate of drug-likeness (QED) is 0.304. The lowest BCUT2D eigenvalue weighted by atomic mass is 9.99. The molecule has 0 heterocycles. The fraction of sp³-hybridized carbons (Fsp3) is 0.259. The van der Waals surface area contributed by atoms with E-state index in [1.165, 1.54) is 0 Å². The predicted octanol–water partition coefficient (Wildman–Crippen LogP) is 3.18. The zero-order valence-electron chi connectivity index (χ0n) is 19.7. The second kappa shape index (κ2) is 11.9. The summed E-state index contributed by atoms with van der Waals surface area (Å²) in [4.78, 5) is 36.2. The van der Waals surface area contributed by atoms with Crippen LogP contribution in [0.4, 0.5) is 0 Å². The number of nitrogens with one attached hydrogen (secondary N) is 1. The first-order valence-corrected chi connectivity index (χ1v) is 13.4. The van der Waals surface area contributed by atoms with Crippen molar-refractivity contribution in [1.82, 2.24) is 5.32 Å². The highest BCUT2D eigenvalue weighted by Gasteiger charge is 2.38. The number of amides is 1. The summed E-state index contributed by atoms with van der Waals surface area (Å²) in [6, 6.07) is 24.3. The van der Waals surface area contributed by atoms with Crippen molar-refractivity contribution in [1.29, 1.82) is 0 Å². The second-order valence-corrected chi connectivity index (χ2v) is 11.3. The van der Waals surface area contributed by atoms with E-state index in [-0.39, 0.29) is 19.0 Å². The molecule has 0 aromatic heterocycles. The van der Waals surface area contributed by atoms with Gasteiger partial charge in [0.1, 0.15) is 6.04 Å². The van der Waals surface area contributed by atoms with E-state index in [0.29, 0.717) is 5.56 Å². The number of carboxylic acids is 1. The molecule has 0 saturated carbocycles. The first kappa shape index (κ1) is 26.4. The van der Waals surface area contributed by atoms with Gasteiger partial charge in [0, 0.05) is 18.1 Å². The van der Waals surface area contributed by atoms with E-state index in [4.69, 9.17) is 0 Å². The number of carbonyl (C=O) groups is 2. The van der Waals surface area contributed by atoms with Crippen molar-refractivity contribution < 1.29 is 29.9 Å². The fourth-order valence-electron chi connectivity index (χ4n) is 3.94. The van der Waals surface area contributed by atoms with E-state index in [0.717, 1.165) is 16.7 Å². The minimum atomic E-state index is -3.92. The molecule has 0 spiro atoms. The maximum absolute atomic E-state index is 13.4. The molecule has 7 nitrogen and oxygen atoms in total. The third-order valence-electron chi connectivity index (χ3n) is 6.02. The highest BCUT2D eigenvalue weighted by Crippen LogP contribution is 2.53. The molecule has 6 N–H and O–H groups in total. The Kier molecular flexibility index (Phi) is 8.99. The Morgan fingerprint density at radius 1 is 0.886 bits per heavy atom. The summed E-state index contributed by atoms with van der Waals surface area (Å²) in [5.41, 5.74) is 7.16. The van der Waals surface area contributed by atoms with Crippen LogP contribution in [0.3, 0.4) is 0 Å². The summed E-state index contributed by atoms with van der Waals surface area (Å²) in [7, 11) is -3.92. The Balaban J connectivity index is 1.82. The van der Waals surface area contributed by atoms with Gasteiger partial charge in [-0.3, -0.25) is 9.36 Å². The average Bonchev–Trinajstić information content (AvgIpc) is 2.84. The zero-order chi connectivity index (χ0) is 25.4. The van der Waals surface area contributed by atoms with Crippen molar-refractivity contribution in [3.8, 4) is 0 Å². The minimum absolute atomic E-state index is 0.109. The molecule has 184 valence electrons. The highest BCUT2D eigenvalue weighted by molar-refractivity contribution is 7.58. The molecule has 3 aromatic carbocycles. The van der Waals surface area contributed by atoms with E-state index in [9.17, 15) is 24.2 Å². The third kappa shape index (κ3) is 7.62. The van der Waals surface area contributed by atoms with Gasteiger partial charge in [-0.15, -0.1) is 0 Å². The topological polar surface area (TPSA) is 131 Å². The number of rotatable bonds is 11. The summed E-state index contributed by atoms with van der Waals surface area (Å²) >= 11 is 0. The summed E-state index contributed by atoms with van der Waals surface area (Å²) in [5.74, 6) is -3.54. The van der Waals surface area contributed by atoms with Crippen LogP contribution in [0.15, 0.2) is 84.9 Å². The molecular weight excluding hydrogens is 463 g/mol. The molecule has 0 radical (unpaired) electrons.